The highest BCUT2D eigenvalue weighted by atomic mass is 16.5. The standard InChI is InChI=1S/C27H31NO4/c29-25(28-13-15-32-16-14-28)19-23-17-20(11-12-26(30)31)18-24(21-7-3-1-4-8-21)27(23)22-9-5-2-6-10-22/h2,5-6,9-12,17-18,21H,1,3-4,7-8,13-16,19H2,(H,30,31)/b12-11+. The van der Waals surface area contributed by atoms with E-state index in [1.165, 1.54) is 30.9 Å². The summed E-state index contributed by atoms with van der Waals surface area (Å²) in [6.07, 6.45) is 9.05. The van der Waals surface area contributed by atoms with Crippen LogP contribution >= 0.6 is 0 Å². The van der Waals surface area contributed by atoms with Gasteiger partial charge >= 0.3 is 5.97 Å². The molecule has 0 unspecified atom stereocenters. The molecule has 0 aromatic heterocycles. The quantitative estimate of drug-likeness (QED) is 0.658. The van der Waals surface area contributed by atoms with Gasteiger partial charge in [0.05, 0.1) is 19.6 Å². The fourth-order valence-corrected chi connectivity index (χ4v) is 4.94. The summed E-state index contributed by atoms with van der Waals surface area (Å²) in [7, 11) is 0. The Morgan fingerprint density at radius 1 is 1.03 bits per heavy atom. The van der Waals surface area contributed by atoms with Crippen LogP contribution in [0.25, 0.3) is 17.2 Å². The van der Waals surface area contributed by atoms with Gasteiger partial charge in [-0.15, -0.1) is 0 Å². The number of hydrogen-bond donors (Lipinski definition) is 1. The van der Waals surface area contributed by atoms with Gasteiger partial charge in [-0.25, -0.2) is 4.79 Å². The van der Waals surface area contributed by atoms with Crippen LogP contribution in [0.4, 0.5) is 0 Å². The number of aliphatic carboxylic acids is 1. The van der Waals surface area contributed by atoms with Crippen molar-refractivity contribution in [3.8, 4) is 11.1 Å². The lowest BCUT2D eigenvalue weighted by molar-refractivity contribution is -0.134. The number of benzene rings is 2. The highest BCUT2D eigenvalue weighted by Gasteiger charge is 2.24. The minimum absolute atomic E-state index is 0.0967. The van der Waals surface area contributed by atoms with E-state index < -0.39 is 5.97 Å². The third kappa shape index (κ3) is 5.46. The van der Waals surface area contributed by atoms with Crippen LogP contribution in [0.3, 0.4) is 0 Å². The SMILES string of the molecule is O=C(O)/C=C/c1cc(CC(=O)N2CCOCC2)c(-c2ccccc2)c(C2CCCCC2)c1. The topological polar surface area (TPSA) is 66.8 Å². The highest BCUT2D eigenvalue weighted by Crippen LogP contribution is 2.41. The molecule has 1 aliphatic heterocycles. The van der Waals surface area contributed by atoms with E-state index in [2.05, 4.69) is 18.2 Å². The van der Waals surface area contributed by atoms with Gasteiger partial charge in [-0.05, 0) is 52.7 Å². The molecule has 2 aromatic rings. The number of morpholine rings is 1. The van der Waals surface area contributed by atoms with E-state index >= 15 is 0 Å². The van der Waals surface area contributed by atoms with Gasteiger partial charge in [-0.1, -0.05) is 61.7 Å². The Morgan fingerprint density at radius 3 is 2.44 bits per heavy atom. The molecule has 5 heteroatoms. The fraction of sp³-hybridized carbons (Fsp3) is 0.407. The van der Waals surface area contributed by atoms with E-state index in [9.17, 15) is 9.59 Å². The third-order valence-electron chi connectivity index (χ3n) is 6.50. The molecule has 0 radical (unpaired) electrons. The normalized spacial score (nSPS) is 17.6. The molecule has 1 aliphatic carbocycles. The Labute approximate surface area is 189 Å². The molecule has 0 spiro atoms. The van der Waals surface area contributed by atoms with Gasteiger partial charge < -0.3 is 14.7 Å². The van der Waals surface area contributed by atoms with Gasteiger partial charge in [0.15, 0.2) is 0 Å². The second kappa shape index (κ2) is 10.6. The molecule has 2 fully saturated rings. The molecule has 5 nitrogen and oxygen atoms in total. The number of carbonyl (C=O) groups is 2. The summed E-state index contributed by atoms with van der Waals surface area (Å²) in [6.45, 7) is 2.39. The number of carboxylic acid groups (broad SMARTS) is 1. The van der Waals surface area contributed by atoms with Crippen LogP contribution in [0.1, 0.15) is 54.7 Å². The number of nitrogens with zero attached hydrogens (tertiary/aromatic N) is 1. The van der Waals surface area contributed by atoms with Gasteiger partial charge in [0.1, 0.15) is 0 Å². The molecule has 1 amide bonds. The highest BCUT2D eigenvalue weighted by molar-refractivity contribution is 5.87. The van der Waals surface area contributed by atoms with E-state index in [1.807, 2.05) is 29.2 Å². The van der Waals surface area contributed by atoms with E-state index in [4.69, 9.17) is 9.84 Å². The van der Waals surface area contributed by atoms with Gasteiger partial charge in [-0.3, -0.25) is 4.79 Å². The minimum Gasteiger partial charge on any atom is -0.478 e. The van der Waals surface area contributed by atoms with Gasteiger partial charge in [-0.2, -0.15) is 0 Å². The number of carbonyl (C=O) groups excluding carboxylic acids is 1. The second-order valence-corrected chi connectivity index (χ2v) is 8.69. The van der Waals surface area contributed by atoms with E-state index in [0.717, 1.165) is 35.1 Å². The summed E-state index contributed by atoms with van der Waals surface area (Å²) in [5.41, 5.74) is 5.32. The number of ether oxygens (including phenoxy) is 1. The first-order valence-electron chi connectivity index (χ1n) is 11.6. The third-order valence-corrected chi connectivity index (χ3v) is 6.50. The summed E-state index contributed by atoms with van der Waals surface area (Å²) in [4.78, 5) is 26.2. The van der Waals surface area contributed by atoms with Gasteiger partial charge in [0, 0.05) is 19.2 Å². The molecule has 1 saturated carbocycles. The smallest absolute Gasteiger partial charge is 0.328 e. The van der Waals surface area contributed by atoms with E-state index in [-0.39, 0.29) is 5.91 Å². The van der Waals surface area contributed by atoms with Gasteiger partial charge in [0.25, 0.3) is 0 Å². The molecule has 32 heavy (non-hydrogen) atoms. The Hall–Kier alpha value is -2.92. The largest absolute Gasteiger partial charge is 0.478 e. The van der Waals surface area contributed by atoms with Crippen LogP contribution in [0.15, 0.2) is 48.5 Å². The van der Waals surface area contributed by atoms with Crippen molar-refractivity contribution >= 4 is 18.0 Å². The lowest BCUT2D eigenvalue weighted by atomic mass is 9.78. The Kier molecular flexibility index (Phi) is 7.38. The molecule has 1 N–H and O–H groups in total. The van der Waals surface area contributed by atoms with Crippen LogP contribution in [0.5, 0.6) is 0 Å². The maximum absolute atomic E-state index is 13.2. The average molecular weight is 434 g/mol. The second-order valence-electron chi connectivity index (χ2n) is 8.69. The molecule has 168 valence electrons. The minimum atomic E-state index is -0.970. The van der Waals surface area contributed by atoms with Crippen molar-refractivity contribution in [3.05, 3.63) is 65.2 Å². The number of amides is 1. The molecule has 1 saturated heterocycles. The van der Waals surface area contributed by atoms with Crippen molar-refractivity contribution in [1.82, 2.24) is 4.90 Å². The Morgan fingerprint density at radius 2 is 1.75 bits per heavy atom. The first-order chi connectivity index (χ1) is 15.6. The first kappa shape index (κ1) is 22.3. The average Bonchev–Trinajstić information content (AvgIpc) is 2.84. The maximum atomic E-state index is 13.2. The molecule has 0 bridgehead atoms. The maximum Gasteiger partial charge on any atom is 0.328 e. The summed E-state index contributed by atoms with van der Waals surface area (Å²) < 4.78 is 5.41. The van der Waals surface area contributed by atoms with Crippen molar-refractivity contribution < 1.29 is 19.4 Å². The number of rotatable bonds is 6. The zero-order chi connectivity index (χ0) is 22.3. The van der Waals surface area contributed by atoms with Crippen molar-refractivity contribution in [2.45, 2.75) is 44.4 Å². The van der Waals surface area contributed by atoms with Crippen LogP contribution in [0, 0.1) is 0 Å². The lowest BCUT2D eigenvalue weighted by Gasteiger charge is -2.29. The van der Waals surface area contributed by atoms with Crippen LogP contribution in [-0.2, 0) is 20.7 Å². The Balaban J connectivity index is 1.80. The zero-order valence-corrected chi connectivity index (χ0v) is 18.5. The Bertz CT molecular complexity index is 971. The summed E-state index contributed by atoms with van der Waals surface area (Å²) >= 11 is 0. The zero-order valence-electron chi connectivity index (χ0n) is 18.5. The van der Waals surface area contributed by atoms with Crippen molar-refractivity contribution in [2.75, 3.05) is 26.3 Å². The summed E-state index contributed by atoms with van der Waals surface area (Å²) in [5.74, 6) is -0.448. The van der Waals surface area contributed by atoms with Crippen LogP contribution in [-0.4, -0.2) is 48.2 Å². The molecular formula is C27H31NO4. The predicted octanol–water partition coefficient (Wildman–Crippen LogP) is 4.90. The first-order valence-corrected chi connectivity index (χ1v) is 11.6. The fourth-order valence-electron chi connectivity index (χ4n) is 4.94. The molecular weight excluding hydrogens is 402 g/mol. The molecule has 1 heterocycles. The van der Waals surface area contributed by atoms with Crippen molar-refractivity contribution in [2.24, 2.45) is 0 Å². The van der Waals surface area contributed by atoms with Crippen molar-refractivity contribution in [3.63, 3.8) is 0 Å². The van der Waals surface area contributed by atoms with Crippen molar-refractivity contribution in [1.29, 1.82) is 0 Å². The monoisotopic (exact) mass is 433 g/mol. The molecule has 2 aromatic carbocycles. The van der Waals surface area contributed by atoms with Gasteiger partial charge in [0.2, 0.25) is 5.91 Å². The van der Waals surface area contributed by atoms with Crippen LogP contribution < -0.4 is 0 Å². The summed E-state index contributed by atoms with van der Waals surface area (Å²) in [5, 5.41) is 9.15. The van der Waals surface area contributed by atoms with E-state index in [0.29, 0.717) is 38.6 Å². The van der Waals surface area contributed by atoms with Crippen LogP contribution in [0.2, 0.25) is 0 Å². The number of carboxylic acids is 1. The molecule has 2 aliphatic rings. The predicted molar refractivity (Wildman–Crippen MR) is 125 cm³/mol. The number of hydrogen-bond acceptors (Lipinski definition) is 3. The lowest BCUT2D eigenvalue weighted by Crippen LogP contribution is -2.41. The van der Waals surface area contributed by atoms with E-state index in [1.54, 1.807) is 6.08 Å². The molecule has 0 atom stereocenters. The molecule has 4 rings (SSSR count). The summed E-state index contributed by atoms with van der Waals surface area (Å²) in [6, 6.07) is 14.4.